The van der Waals surface area contributed by atoms with Crippen LogP contribution in [-0.4, -0.2) is 8.42 Å². The molecule has 3 aromatic carbocycles. The van der Waals surface area contributed by atoms with Gasteiger partial charge in [0, 0.05) is 10.6 Å². The fourth-order valence-corrected chi connectivity index (χ4v) is 6.59. The van der Waals surface area contributed by atoms with E-state index in [1.54, 1.807) is 42.5 Å². The Bertz CT molecular complexity index is 1540. The van der Waals surface area contributed by atoms with Crippen LogP contribution in [-0.2, 0) is 21.3 Å². The number of halogens is 1. The van der Waals surface area contributed by atoms with Gasteiger partial charge in [-0.15, -0.1) is 0 Å². The lowest BCUT2D eigenvalue weighted by molar-refractivity contribution is 0.357. The Kier molecular flexibility index (Phi) is 5.35. The van der Waals surface area contributed by atoms with E-state index in [0.29, 0.717) is 21.8 Å². The fourth-order valence-electron chi connectivity index (χ4n) is 4.48. The van der Waals surface area contributed by atoms with Gasteiger partial charge in [0.1, 0.15) is 16.5 Å². The lowest BCUT2D eigenvalue weighted by Crippen LogP contribution is -2.39. The number of fused-ring (bicyclic) bond motifs is 2. The molecule has 0 aromatic heterocycles. The van der Waals surface area contributed by atoms with Gasteiger partial charge in [0.25, 0.3) is 10.0 Å². The van der Waals surface area contributed by atoms with E-state index < -0.39 is 15.9 Å². The highest BCUT2D eigenvalue weighted by Gasteiger charge is 2.47. The van der Waals surface area contributed by atoms with Crippen LogP contribution in [0.25, 0.3) is 5.76 Å². The van der Waals surface area contributed by atoms with E-state index in [1.807, 2.05) is 37.3 Å². The Morgan fingerprint density at radius 1 is 1.09 bits per heavy atom. The molecule has 2 N–H and O–H groups in total. The van der Waals surface area contributed by atoms with Crippen molar-refractivity contribution in [3.05, 3.63) is 116 Å². The van der Waals surface area contributed by atoms with Crippen molar-refractivity contribution in [2.45, 2.75) is 19.4 Å². The second-order valence-electron chi connectivity index (χ2n) is 8.19. The highest BCUT2D eigenvalue weighted by atomic mass is 35.5. The zero-order chi connectivity index (χ0) is 24.0. The Morgan fingerprint density at radius 2 is 1.85 bits per heavy atom. The van der Waals surface area contributed by atoms with Crippen molar-refractivity contribution in [3.8, 4) is 6.07 Å². The van der Waals surface area contributed by atoms with Crippen LogP contribution in [0.5, 0.6) is 0 Å². The number of nitrogens with two attached hydrogens (primary N) is 1. The predicted octanol–water partition coefficient (Wildman–Crippen LogP) is 5.17. The molecule has 0 amide bonds. The molecular formula is C26H20ClN3O3S. The minimum absolute atomic E-state index is 0.0214. The number of hydrogen-bond donors (Lipinski definition) is 1. The van der Waals surface area contributed by atoms with E-state index >= 15 is 0 Å². The second-order valence-corrected chi connectivity index (χ2v) is 10.5. The zero-order valence-electron chi connectivity index (χ0n) is 18.2. The number of sulfonamides is 1. The van der Waals surface area contributed by atoms with E-state index in [-0.39, 0.29) is 28.7 Å². The molecule has 2 heterocycles. The van der Waals surface area contributed by atoms with Crippen molar-refractivity contribution in [3.63, 3.8) is 0 Å². The Balaban J connectivity index is 1.77. The SMILES string of the molecule is Cc1cccc(CN2c3ccccc3C3=C([C@H](c4cccc(Cl)c4)C(C#N)=C(N)O3)S2(=O)=O)c1. The normalized spacial score (nSPS) is 18.6. The number of para-hydroxylation sites is 1. The molecule has 0 aliphatic carbocycles. The zero-order valence-corrected chi connectivity index (χ0v) is 19.8. The number of ether oxygens (including phenoxy) is 1. The summed E-state index contributed by atoms with van der Waals surface area (Å²) in [5, 5.41) is 10.3. The number of hydrogen-bond acceptors (Lipinski definition) is 5. The molecule has 5 rings (SSSR count). The minimum atomic E-state index is -4.12. The molecule has 2 aliphatic heterocycles. The van der Waals surface area contributed by atoms with Crippen LogP contribution in [0.15, 0.2) is 89.2 Å². The quantitative estimate of drug-likeness (QED) is 0.547. The van der Waals surface area contributed by atoms with Crippen molar-refractivity contribution in [1.82, 2.24) is 0 Å². The standard InChI is InChI=1S/C26H20ClN3O3S/c1-16-6-4-7-17(12-16)15-30-22-11-3-2-10-20(22)24-25(34(30,31)32)23(21(14-28)26(29)33-24)18-8-5-9-19(27)13-18/h2-13,23H,15,29H2,1H3/t23-/m1/s1. The summed E-state index contributed by atoms with van der Waals surface area (Å²) < 4.78 is 35.6. The molecule has 0 fully saturated rings. The lowest BCUT2D eigenvalue weighted by Gasteiger charge is -2.38. The van der Waals surface area contributed by atoms with Crippen molar-refractivity contribution >= 4 is 33.1 Å². The van der Waals surface area contributed by atoms with Crippen LogP contribution < -0.4 is 10.0 Å². The Morgan fingerprint density at radius 3 is 2.59 bits per heavy atom. The van der Waals surface area contributed by atoms with Gasteiger partial charge in [-0.25, -0.2) is 8.42 Å². The summed E-state index contributed by atoms with van der Waals surface area (Å²) in [6, 6.07) is 23.7. The maximum atomic E-state index is 14.2. The van der Waals surface area contributed by atoms with Gasteiger partial charge in [-0.3, -0.25) is 4.31 Å². The molecular weight excluding hydrogens is 470 g/mol. The number of aryl methyl sites for hydroxylation is 1. The molecule has 0 saturated heterocycles. The molecule has 1 atom stereocenters. The summed E-state index contributed by atoms with van der Waals surface area (Å²) in [5.41, 5.74) is 9.66. The molecule has 3 aromatic rings. The molecule has 0 spiro atoms. The molecule has 8 heteroatoms. The van der Waals surface area contributed by atoms with Crippen molar-refractivity contribution in [1.29, 1.82) is 5.26 Å². The summed E-state index contributed by atoms with van der Waals surface area (Å²) in [6.45, 7) is 2.08. The number of nitriles is 1. The second kappa shape index (κ2) is 8.24. The third kappa shape index (κ3) is 3.52. The molecule has 34 heavy (non-hydrogen) atoms. The number of benzene rings is 3. The van der Waals surface area contributed by atoms with Gasteiger partial charge in [-0.1, -0.05) is 65.7 Å². The number of anilines is 1. The highest BCUT2D eigenvalue weighted by molar-refractivity contribution is 7.96. The lowest BCUT2D eigenvalue weighted by atomic mass is 9.88. The molecule has 170 valence electrons. The van der Waals surface area contributed by atoms with E-state index in [0.717, 1.165) is 11.1 Å². The summed E-state index contributed by atoms with van der Waals surface area (Å²) >= 11 is 6.23. The third-order valence-corrected chi connectivity index (χ3v) is 8.07. The average molecular weight is 490 g/mol. The van der Waals surface area contributed by atoms with Crippen LogP contribution in [0.1, 0.15) is 28.2 Å². The maximum Gasteiger partial charge on any atom is 0.265 e. The number of nitrogens with zero attached hydrogens (tertiary/aromatic N) is 2. The highest BCUT2D eigenvalue weighted by Crippen LogP contribution is 2.51. The fraction of sp³-hybridized carbons (Fsp3) is 0.115. The van der Waals surface area contributed by atoms with Crippen LogP contribution in [0, 0.1) is 18.3 Å². The van der Waals surface area contributed by atoms with Crippen molar-refractivity contribution in [2.75, 3.05) is 4.31 Å². The van der Waals surface area contributed by atoms with Gasteiger partial charge < -0.3 is 10.5 Å². The topological polar surface area (TPSA) is 96.4 Å². The molecule has 2 aliphatic rings. The van der Waals surface area contributed by atoms with Crippen LogP contribution in [0.3, 0.4) is 0 Å². The average Bonchev–Trinajstić information content (AvgIpc) is 2.81. The molecule has 6 nitrogen and oxygen atoms in total. The van der Waals surface area contributed by atoms with E-state index in [9.17, 15) is 13.7 Å². The summed E-state index contributed by atoms with van der Waals surface area (Å²) in [5.74, 6) is -0.938. The van der Waals surface area contributed by atoms with E-state index in [4.69, 9.17) is 22.1 Å². The van der Waals surface area contributed by atoms with Gasteiger partial charge in [0.2, 0.25) is 5.88 Å². The largest absolute Gasteiger partial charge is 0.439 e. The maximum absolute atomic E-state index is 14.2. The summed E-state index contributed by atoms with van der Waals surface area (Å²) in [6.07, 6.45) is 0. The molecule has 0 saturated carbocycles. The molecule has 0 radical (unpaired) electrons. The van der Waals surface area contributed by atoms with Crippen LogP contribution in [0.2, 0.25) is 5.02 Å². The van der Waals surface area contributed by atoms with E-state index in [2.05, 4.69) is 6.07 Å². The van der Waals surface area contributed by atoms with Gasteiger partial charge in [-0.2, -0.15) is 5.26 Å². The van der Waals surface area contributed by atoms with Crippen LogP contribution >= 0.6 is 11.6 Å². The van der Waals surface area contributed by atoms with Crippen LogP contribution in [0.4, 0.5) is 5.69 Å². The van der Waals surface area contributed by atoms with Crippen molar-refractivity contribution in [2.24, 2.45) is 5.73 Å². The first kappa shape index (κ1) is 22.1. The predicted molar refractivity (Wildman–Crippen MR) is 132 cm³/mol. The number of allylic oxidation sites excluding steroid dienone is 2. The molecule has 0 bridgehead atoms. The molecule has 0 unspecified atom stereocenters. The van der Waals surface area contributed by atoms with E-state index in [1.165, 1.54) is 4.31 Å². The third-order valence-electron chi connectivity index (χ3n) is 5.95. The summed E-state index contributed by atoms with van der Waals surface area (Å²) in [7, 11) is -4.12. The monoisotopic (exact) mass is 489 g/mol. The number of rotatable bonds is 3. The van der Waals surface area contributed by atoms with Gasteiger partial charge in [-0.05, 0) is 42.3 Å². The first-order chi connectivity index (χ1) is 16.3. The van der Waals surface area contributed by atoms with Gasteiger partial charge in [0.05, 0.1) is 18.2 Å². The minimum Gasteiger partial charge on any atom is -0.439 e. The Labute approximate surface area is 203 Å². The van der Waals surface area contributed by atoms with Gasteiger partial charge >= 0.3 is 0 Å². The summed E-state index contributed by atoms with van der Waals surface area (Å²) in [4.78, 5) is -0.0214. The van der Waals surface area contributed by atoms with Crippen molar-refractivity contribution < 1.29 is 13.2 Å². The first-order valence-electron chi connectivity index (χ1n) is 10.6. The Hall–Kier alpha value is -3.73. The first-order valence-corrected chi connectivity index (χ1v) is 12.4. The smallest absolute Gasteiger partial charge is 0.265 e. The van der Waals surface area contributed by atoms with Gasteiger partial charge in [0.15, 0.2) is 5.76 Å².